The first-order valence-electron chi connectivity index (χ1n) is 1.05. The molecule has 0 N–H and O–H groups in total. The summed E-state index contributed by atoms with van der Waals surface area (Å²) in [6.45, 7) is 0. The van der Waals surface area contributed by atoms with Crippen molar-refractivity contribution in [3.8, 4) is 0 Å². The number of hydrogen-bond donors (Lipinski definition) is 0. The highest BCUT2D eigenvalue weighted by Crippen LogP contribution is 1.97. The third-order valence-electron chi connectivity index (χ3n) is 0.179. The Morgan fingerprint density at radius 3 is 2.20 bits per heavy atom. The molecule has 30 valence electrons. The van der Waals surface area contributed by atoms with Crippen LogP contribution in [0.4, 0.5) is 4.39 Å². The molecule has 0 radical (unpaired) electrons. The van der Waals surface area contributed by atoms with E-state index in [0.29, 0.717) is 0 Å². The molecule has 0 amide bonds. The van der Waals surface area contributed by atoms with E-state index in [1.807, 2.05) is 0 Å². The molecule has 0 aromatic carbocycles. The second kappa shape index (κ2) is 2.67. The lowest BCUT2D eigenvalue weighted by Crippen LogP contribution is -1.61. The molecule has 0 aliphatic rings. The zero-order chi connectivity index (χ0) is 4.28. The maximum absolute atomic E-state index is 11.2. The number of hydrogen-bond acceptors (Lipinski definition) is 1. The molecule has 0 aromatic heterocycles. The lowest BCUT2D eigenvalue weighted by atomic mass is 11.8. The van der Waals surface area contributed by atoms with Crippen molar-refractivity contribution in [2.45, 2.75) is 0 Å². The molecule has 0 saturated carbocycles. The van der Waals surface area contributed by atoms with Gasteiger partial charge in [0, 0.05) is 0 Å². The largest absolute Gasteiger partial charge is 0.195 e. The topological polar surface area (TPSA) is 0 Å². The molecule has 3 heteroatoms. The van der Waals surface area contributed by atoms with Crippen molar-refractivity contribution in [1.29, 1.82) is 0 Å². The minimum atomic E-state index is -0.273. The predicted molar refractivity (Wildman–Crippen MR) is 27.9 cm³/mol. The van der Waals surface area contributed by atoms with Gasteiger partial charge in [-0.2, -0.15) is 4.39 Å². The minimum absolute atomic E-state index is 0.273. The van der Waals surface area contributed by atoms with Crippen molar-refractivity contribution in [3.05, 3.63) is 0 Å². The van der Waals surface area contributed by atoms with Gasteiger partial charge in [-0.1, -0.05) is 20.6 Å². The predicted octanol–water partition coefficient (Wildman–Crippen LogP) is 1.55. The molecule has 0 unspecified atom stereocenters. The zero-order valence-corrected chi connectivity index (χ0v) is 4.60. The highest BCUT2D eigenvalue weighted by molar-refractivity contribution is 8.16. The van der Waals surface area contributed by atoms with Crippen LogP contribution in [0, 0.1) is 0 Å². The van der Waals surface area contributed by atoms with Gasteiger partial charge < -0.3 is 0 Å². The summed E-state index contributed by atoms with van der Waals surface area (Å²) in [7, 11) is 2.63. The quantitative estimate of drug-likeness (QED) is 0.461. The molecule has 0 atom stereocenters. The van der Waals surface area contributed by atoms with Crippen molar-refractivity contribution in [3.63, 3.8) is 0 Å². The van der Waals surface area contributed by atoms with E-state index in [9.17, 15) is 4.39 Å². The van der Waals surface area contributed by atoms with Gasteiger partial charge in [0.05, 0.1) is 0 Å². The summed E-state index contributed by atoms with van der Waals surface area (Å²) in [5.74, 6) is 0. The van der Waals surface area contributed by atoms with Crippen LogP contribution in [0.25, 0.3) is 0 Å². The molecule has 0 saturated heterocycles. The Kier molecular flexibility index (Phi) is 2.92. The van der Waals surface area contributed by atoms with Crippen molar-refractivity contribution in [2.75, 3.05) is 6.26 Å². The average Bonchev–Trinajstić information content (AvgIpc) is 1.38. The van der Waals surface area contributed by atoms with E-state index in [1.165, 1.54) is 0 Å². The van der Waals surface area contributed by atoms with E-state index < -0.39 is 0 Å². The Morgan fingerprint density at radius 2 is 2.20 bits per heavy atom. The second-order valence-electron chi connectivity index (χ2n) is 0.478. The van der Waals surface area contributed by atoms with Gasteiger partial charge >= 0.3 is 0 Å². The van der Waals surface area contributed by atoms with Crippen LogP contribution in [-0.2, 0) is 0 Å². The summed E-state index contributed by atoms with van der Waals surface area (Å²) in [6, 6.07) is 0. The molecule has 0 aliphatic carbocycles. The van der Waals surface area contributed by atoms with Gasteiger partial charge in [0.2, 0.25) is 0 Å². The maximum atomic E-state index is 11.2. The Hall–Kier alpha value is 0.450. The molecular weight excluding hydrogens is 106 g/mol. The van der Waals surface area contributed by atoms with Gasteiger partial charge in [0.15, 0.2) is 4.88 Å². The molecule has 0 spiro atoms. The van der Waals surface area contributed by atoms with Gasteiger partial charge in [-0.05, 0) is 6.26 Å². The van der Waals surface area contributed by atoms with E-state index in [0.717, 1.165) is 11.8 Å². The summed E-state index contributed by atoms with van der Waals surface area (Å²) < 4.78 is 11.2. The molecular formula is C2H4FPS. The van der Waals surface area contributed by atoms with Crippen LogP contribution in [0.5, 0.6) is 0 Å². The maximum Gasteiger partial charge on any atom is 0.174 e. The van der Waals surface area contributed by atoms with Crippen LogP contribution in [-0.4, -0.2) is 11.1 Å². The molecule has 0 bridgehead atoms. The molecule has 0 aromatic rings. The molecule has 0 heterocycles. The molecule has 5 heavy (non-hydrogen) atoms. The SMILES string of the molecule is CSC(F)=P. The fourth-order valence-electron chi connectivity index (χ4n) is 0. The smallest absolute Gasteiger partial charge is 0.174 e. The van der Waals surface area contributed by atoms with Gasteiger partial charge in [-0.25, -0.2) is 0 Å². The number of halogens is 1. The summed E-state index contributed by atoms with van der Waals surface area (Å²) in [6.07, 6.45) is 1.66. The van der Waals surface area contributed by atoms with E-state index in [2.05, 4.69) is 8.86 Å². The lowest BCUT2D eigenvalue weighted by Gasteiger charge is -1.73. The van der Waals surface area contributed by atoms with E-state index >= 15 is 0 Å². The average molecular weight is 110 g/mol. The highest BCUT2D eigenvalue weighted by atomic mass is 32.2. The lowest BCUT2D eigenvalue weighted by molar-refractivity contribution is 0.852. The van der Waals surface area contributed by atoms with Gasteiger partial charge in [0.25, 0.3) is 0 Å². The summed E-state index contributed by atoms with van der Waals surface area (Å²) in [5, 5.41) is 0. The van der Waals surface area contributed by atoms with Crippen molar-refractivity contribution in [1.82, 2.24) is 0 Å². The normalized spacial score (nSPS) is 7.60. The Bertz CT molecular complexity index is 44.9. The van der Waals surface area contributed by atoms with Gasteiger partial charge in [-0.3, -0.25) is 0 Å². The van der Waals surface area contributed by atoms with Crippen molar-refractivity contribution in [2.24, 2.45) is 0 Å². The molecule has 0 aliphatic heterocycles. The van der Waals surface area contributed by atoms with E-state index in [-0.39, 0.29) is 4.88 Å². The first-order valence-corrected chi connectivity index (χ1v) is 2.78. The second-order valence-corrected chi connectivity index (χ2v) is 2.05. The van der Waals surface area contributed by atoms with Crippen LogP contribution in [0.3, 0.4) is 0 Å². The van der Waals surface area contributed by atoms with Crippen LogP contribution in [0.2, 0.25) is 0 Å². The molecule has 0 fully saturated rings. The minimum Gasteiger partial charge on any atom is -0.195 e. The third-order valence-corrected chi connectivity index (χ3v) is 1.15. The first kappa shape index (κ1) is 5.45. The summed E-state index contributed by atoms with van der Waals surface area (Å²) in [5.41, 5.74) is 0. The summed E-state index contributed by atoms with van der Waals surface area (Å²) in [4.78, 5) is -0.273. The van der Waals surface area contributed by atoms with Gasteiger partial charge in [0.1, 0.15) is 0 Å². The molecule has 0 rings (SSSR count). The Labute approximate surface area is 37.0 Å². The highest BCUT2D eigenvalue weighted by Gasteiger charge is 1.75. The zero-order valence-electron chi connectivity index (χ0n) is 2.79. The third kappa shape index (κ3) is 4.45. The van der Waals surface area contributed by atoms with Crippen molar-refractivity contribution < 1.29 is 4.39 Å². The first-order chi connectivity index (χ1) is 2.27. The standard InChI is InChI=1S/C2H4FPS/c1-5-2(3)4/h4H,1H3. The van der Waals surface area contributed by atoms with Gasteiger partial charge in [-0.15, -0.1) is 0 Å². The fraction of sp³-hybridized carbons (Fsp3) is 0.500. The fourth-order valence-corrected chi connectivity index (χ4v) is 0. The van der Waals surface area contributed by atoms with Crippen LogP contribution in [0.15, 0.2) is 0 Å². The van der Waals surface area contributed by atoms with E-state index in [1.54, 1.807) is 6.26 Å². The number of thioether (sulfide) groups is 1. The van der Waals surface area contributed by atoms with Crippen LogP contribution < -0.4 is 0 Å². The molecule has 0 nitrogen and oxygen atoms in total. The van der Waals surface area contributed by atoms with Crippen LogP contribution in [0.1, 0.15) is 0 Å². The van der Waals surface area contributed by atoms with Crippen LogP contribution >= 0.6 is 20.6 Å². The van der Waals surface area contributed by atoms with E-state index in [4.69, 9.17) is 0 Å². The Morgan fingerprint density at radius 1 is 2.00 bits per heavy atom. The Balaban J connectivity index is 2.85. The summed E-state index contributed by atoms with van der Waals surface area (Å²) >= 11 is 1.04. The van der Waals surface area contributed by atoms with Crippen molar-refractivity contribution >= 4 is 25.5 Å². The number of rotatable bonds is 1. The monoisotopic (exact) mass is 110 g/mol.